The summed E-state index contributed by atoms with van der Waals surface area (Å²) in [6.07, 6.45) is 0. The van der Waals surface area contributed by atoms with Gasteiger partial charge in [0.1, 0.15) is 17.3 Å². The van der Waals surface area contributed by atoms with Crippen LogP contribution in [0.2, 0.25) is 0 Å². The third kappa shape index (κ3) is 3.23. The highest BCUT2D eigenvalue weighted by molar-refractivity contribution is 6.07. The maximum atomic E-state index is 6.36. The van der Waals surface area contributed by atoms with Crippen LogP contribution in [0.1, 0.15) is 6.92 Å². The number of benzene rings is 2. The number of azo groups is 1. The Hall–Kier alpha value is -3.94. The van der Waals surface area contributed by atoms with E-state index in [4.69, 9.17) is 26.9 Å². The van der Waals surface area contributed by atoms with Gasteiger partial charge in [-0.2, -0.15) is 5.11 Å². The molecule has 0 radical (unpaired) electrons. The van der Waals surface area contributed by atoms with Crippen molar-refractivity contribution in [1.29, 1.82) is 0 Å². The molecular formula is C20H19N7O. The third-order valence-corrected chi connectivity index (χ3v) is 4.28. The summed E-state index contributed by atoms with van der Waals surface area (Å²) in [7, 11) is 0. The highest BCUT2D eigenvalue weighted by Crippen LogP contribution is 2.33. The van der Waals surface area contributed by atoms with Crippen LogP contribution >= 0.6 is 0 Å². The molecule has 0 fully saturated rings. The molecule has 6 N–H and O–H groups in total. The van der Waals surface area contributed by atoms with E-state index < -0.39 is 0 Å². The summed E-state index contributed by atoms with van der Waals surface area (Å²) < 4.78 is 5.56. The van der Waals surface area contributed by atoms with Crippen molar-refractivity contribution in [2.75, 3.05) is 23.8 Å². The van der Waals surface area contributed by atoms with Crippen molar-refractivity contribution in [3.8, 4) is 5.75 Å². The number of fused-ring (bicyclic) bond motifs is 2. The number of hydrogen-bond acceptors (Lipinski definition) is 8. The van der Waals surface area contributed by atoms with E-state index >= 15 is 0 Å². The number of anilines is 3. The SMILES string of the molecule is CCOc1ccc2c(N)c3ccc(/N=N/c4ccc(N)nc4N)cc3nc2c1. The number of ether oxygens (including phenoxy) is 1. The zero-order valence-electron chi connectivity index (χ0n) is 15.3. The molecule has 140 valence electrons. The van der Waals surface area contributed by atoms with Crippen molar-refractivity contribution < 1.29 is 4.74 Å². The first-order valence-corrected chi connectivity index (χ1v) is 8.74. The molecule has 0 spiro atoms. The fraction of sp³-hybridized carbons (Fsp3) is 0.100. The summed E-state index contributed by atoms with van der Waals surface area (Å²) in [5.74, 6) is 1.31. The quantitative estimate of drug-likeness (QED) is 0.359. The van der Waals surface area contributed by atoms with Crippen LogP contribution in [0, 0.1) is 0 Å². The minimum Gasteiger partial charge on any atom is -0.494 e. The molecule has 4 rings (SSSR count). The van der Waals surface area contributed by atoms with Crippen molar-refractivity contribution in [3.05, 3.63) is 48.5 Å². The molecule has 0 aliphatic carbocycles. The normalized spacial score (nSPS) is 11.5. The Balaban J connectivity index is 1.76. The van der Waals surface area contributed by atoms with E-state index in [-0.39, 0.29) is 5.82 Å². The van der Waals surface area contributed by atoms with Crippen LogP contribution in [0.4, 0.5) is 28.7 Å². The van der Waals surface area contributed by atoms with Crippen molar-refractivity contribution in [2.24, 2.45) is 10.2 Å². The average Bonchev–Trinajstić information content (AvgIpc) is 2.67. The zero-order valence-corrected chi connectivity index (χ0v) is 15.3. The molecule has 0 amide bonds. The molecular weight excluding hydrogens is 354 g/mol. The molecule has 8 heteroatoms. The summed E-state index contributed by atoms with van der Waals surface area (Å²) in [6, 6.07) is 14.5. The average molecular weight is 373 g/mol. The fourth-order valence-corrected chi connectivity index (χ4v) is 2.94. The molecule has 4 aromatic rings. The largest absolute Gasteiger partial charge is 0.494 e. The van der Waals surface area contributed by atoms with E-state index in [1.54, 1.807) is 12.1 Å². The van der Waals surface area contributed by atoms with Gasteiger partial charge in [-0.15, -0.1) is 5.11 Å². The molecule has 8 nitrogen and oxygen atoms in total. The molecule has 2 aromatic carbocycles. The Morgan fingerprint density at radius 1 is 0.857 bits per heavy atom. The van der Waals surface area contributed by atoms with Gasteiger partial charge in [0.25, 0.3) is 0 Å². The first-order valence-electron chi connectivity index (χ1n) is 8.74. The summed E-state index contributed by atoms with van der Waals surface area (Å²) in [6.45, 7) is 2.52. The van der Waals surface area contributed by atoms with Gasteiger partial charge in [0, 0.05) is 16.8 Å². The van der Waals surface area contributed by atoms with Gasteiger partial charge in [-0.25, -0.2) is 9.97 Å². The first-order chi connectivity index (χ1) is 13.5. The highest BCUT2D eigenvalue weighted by Gasteiger charge is 2.09. The van der Waals surface area contributed by atoms with Gasteiger partial charge in [0.05, 0.1) is 29.0 Å². The van der Waals surface area contributed by atoms with Gasteiger partial charge in [-0.3, -0.25) is 0 Å². The second-order valence-electron chi connectivity index (χ2n) is 6.18. The Labute approximate surface area is 161 Å². The Morgan fingerprint density at radius 3 is 2.36 bits per heavy atom. The molecule has 2 aromatic heterocycles. The van der Waals surface area contributed by atoms with Crippen LogP contribution in [0.5, 0.6) is 5.75 Å². The van der Waals surface area contributed by atoms with Crippen molar-refractivity contribution in [3.63, 3.8) is 0 Å². The van der Waals surface area contributed by atoms with Crippen LogP contribution in [0.25, 0.3) is 21.8 Å². The Bertz CT molecular complexity index is 1220. The smallest absolute Gasteiger partial charge is 0.153 e. The summed E-state index contributed by atoms with van der Waals surface area (Å²) in [4.78, 5) is 8.68. The van der Waals surface area contributed by atoms with E-state index in [1.165, 1.54) is 0 Å². The van der Waals surface area contributed by atoms with Crippen molar-refractivity contribution in [2.45, 2.75) is 6.92 Å². The Kier molecular flexibility index (Phi) is 4.36. The number of nitrogen functional groups attached to an aromatic ring is 3. The van der Waals surface area contributed by atoms with Gasteiger partial charge >= 0.3 is 0 Å². The maximum absolute atomic E-state index is 6.36. The molecule has 0 unspecified atom stereocenters. The van der Waals surface area contributed by atoms with Gasteiger partial charge in [0.15, 0.2) is 5.82 Å². The minimum atomic E-state index is 0.223. The predicted molar refractivity (Wildman–Crippen MR) is 112 cm³/mol. The lowest BCUT2D eigenvalue weighted by Gasteiger charge is -2.09. The number of nitrogens with zero attached hydrogens (tertiary/aromatic N) is 4. The molecule has 0 bridgehead atoms. The molecule has 0 aliphatic heterocycles. The van der Waals surface area contributed by atoms with Crippen LogP contribution in [-0.4, -0.2) is 16.6 Å². The number of hydrogen-bond donors (Lipinski definition) is 3. The fourth-order valence-electron chi connectivity index (χ4n) is 2.94. The first kappa shape index (κ1) is 17.5. The molecule has 0 saturated heterocycles. The van der Waals surface area contributed by atoms with Crippen LogP contribution < -0.4 is 21.9 Å². The summed E-state index contributed by atoms with van der Waals surface area (Å²) in [5.41, 5.74) is 21.0. The second kappa shape index (κ2) is 6.99. The summed E-state index contributed by atoms with van der Waals surface area (Å²) in [5, 5.41) is 10.1. The minimum absolute atomic E-state index is 0.223. The monoisotopic (exact) mass is 373 g/mol. The number of rotatable bonds is 4. The van der Waals surface area contributed by atoms with Gasteiger partial charge < -0.3 is 21.9 Å². The number of aromatic nitrogens is 2. The highest BCUT2D eigenvalue weighted by atomic mass is 16.5. The topological polar surface area (TPSA) is 138 Å². The lowest BCUT2D eigenvalue weighted by molar-refractivity contribution is 0.340. The van der Waals surface area contributed by atoms with Crippen molar-refractivity contribution >= 4 is 50.5 Å². The van der Waals surface area contributed by atoms with Gasteiger partial charge in [-0.1, -0.05) is 0 Å². The standard InChI is InChI=1S/C20H19N7O/c1-2-28-12-4-6-14-17(10-12)24-16-9-11(3-5-13(16)19(14)22)26-27-15-7-8-18(21)25-20(15)23/h3-10H,2H2,1H3,(H2,22,24)(H4,21,23,25)/b27-26+. The molecule has 0 saturated carbocycles. The van der Waals surface area contributed by atoms with E-state index in [1.807, 2.05) is 43.3 Å². The van der Waals surface area contributed by atoms with Gasteiger partial charge in [0.2, 0.25) is 0 Å². The second-order valence-corrected chi connectivity index (χ2v) is 6.18. The number of nitrogens with two attached hydrogens (primary N) is 3. The van der Waals surface area contributed by atoms with E-state index in [0.717, 1.165) is 27.6 Å². The predicted octanol–water partition coefficient (Wildman–Crippen LogP) is 4.34. The van der Waals surface area contributed by atoms with E-state index in [2.05, 4.69) is 15.2 Å². The molecule has 2 heterocycles. The van der Waals surface area contributed by atoms with Crippen LogP contribution in [0.3, 0.4) is 0 Å². The lowest BCUT2D eigenvalue weighted by atomic mass is 10.1. The van der Waals surface area contributed by atoms with Crippen LogP contribution in [0.15, 0.2) is 58.8 Å². The molecule has 0 atom stereocenters. The van der Waals surface area contributed by atoms with E-state index in [0.29, 0.717) is 29.5 Å². The number of pyridine rings is 2. The van der Waals surface area contributed by atoms with E-state index in [9.17, 15) is 0 Å². The summed E-state index contributed by atoms with van der Waals surface area (Å²) >= 11 is 0. The third-order valence-electron chi connectivity index (χ3n) is 4.28. The van der Waals surface area contributed by atoms with Crippen LogP contribution in [-0.2, 0) is 0 Å². The maximum Gasteiger partial charge on any atom is 0.153 e. The Morgan fingerprint density at radius 2 is 1.61 bits per heavy atom. The zero-order chi connectivity index (χ0) is 19.7. The molecule has 28 heavy (non-hydrogen) atoms. The van der Waals surface area contributed by atoms with Crippen molar-refractivity contribution in [1.82, 2.24) is 9.97 Å². The lowest BCUT2D eigenvalue weighted by Crippen LogP contribution is -1.95. The molecule has 0 aliphatic rings. The van der Waals surface area contributed by atoms with Gasteiger partial charge in [-0.05, 0) is 49.4 Å².